The minimum Gasteiger partial charge on any atom is -0.495 e. The fraction of sp³-hybridized carbons (Fsp3) is 0.167. The van der Waals surface area contributed by atoms with Crippen LogP contribution in [0.5, 0.6) is 5.75 Å². The quantitative estimate of drug-likeness (QED) is 0.743. The second-order valence-electron chi connectivity index (χ2n) is 5.55. The third-order valence-electron chi connectivity index (χ3n) is 3.80. The van der Waals surface area contributed by atoms with Crippen LogP contribution in [0.3, 0.4) is 0 Å². The molecule has 0 saturated carbocycles. The van der Waals surface area contributed by atoms with Crippen molar-refractivity contribution in [2.24, 2.45) is 0 Å². The summed E-state index contributed by atoms with van der Waals surface area (Å²) in [6.07, 6.45) is 1.35. The molecule has 0 atom stereocenters. The van der Waals surface area contributed by atoms with Crippen molar-refractivity contribution < 1.29 is 13.9 Å². The predicted molar refractivity (Wildman–Crippen MR) is 97.2 cm³/mol. The molecule has 6 nitrogen and oxygen atoms in total. The highest BCUT2D eigenvalue weighted by Crippen LogP contribution is 2.27. The zero-order valence-electron chi connectivity index (χ0n) is 13.8. The molecule has 8 heteroatoms. The fourth-order valence-corrected chi connectivity index (χ4v) is 2.68. The van der Waals surface area contributed by atoms with E-state index in [0.29, 0.717) is 21.8 Å². The van der Waals surface area contributed by atoms with Gasteiger partial charge in [0.1, 0.15) is 11.6 Å². The van der Waals surface area contributed by atoms with Crippen LogP contribution < -0.4 is 15.6 Å². The van der Waals surface area contributed by atoms with Gasteiger partial charge in [-0.1, -0.05) is 11.6 Å². The Morgan fingerprint density at radius 2 is 2.12 bits per heavy atom. The molecule has 26 heavy (non-hydrogen) atoms. The Hall–Kier alpha value is -2.93. The molecule has 0 fully saturated rings. The van der Waals surface area contributed by atoms with Gasteiger partial charge < -0.3 is 10.1 Å². The van der Waals surface area contributed by atoms with E-state index < -0.39 is 5.82 Å². The lowest BCUT2D eigenvalue weighted by Gasteiger charge is -2.11. The summed E-state index contributed by atoms with van der Waals surface area (Å²) in [5, 5.41) is 3.46. The molecule has 0 unspecified atom stereocenters. The van der Waals surface area contributed by atoms with Crippen molar-refractivity contribution >= 4 is 34.1 Å². The number of hydrogen-bond acceptors (Lipinski definition) is 4. The van der Waals surface area contributed by atoms with Gasteiger partial charge in [0, 0.05) is 24.1 Å². The highest BCUT2D eigenvalue weighted by molar-refractivity contribution is 6.31. The van der Waals surface area contributed by atoms with Crippen LogP contribution in [0.15, 0.2) is 47.5 Å². The van der Waals surface area contributed by atoms with Gasteiger partial charge in [0.05, 0.1) is 30.0 Å². The van der Waals surface area contributed by atoms with E-state index in [2.05, 4.69) is 10.3 Å². The summed E-state index contributed by atoms with van der Waals surface area (Å²) in [6, 6.07) is 8.66. The van der Waals surface area contributed by atoms with E-state index in [1.165, 1.54) is 36.2 Å². The number of fused-ring (bicyclic) bond motifs is 1. The number of rotatable bonds is 5. The second-order valence-corrected chi connectivity index (χ2v) is 5.98. The van der Waals surface area contributed by atoms with Crippen molar-refractivity contribution in [3.63, 3.8) is 0 Å². The van der Waals surface area contributed by atoms with Crippen molar-refractivity contribution in [3.8, 4) is 5.75 Å². The second kappa shape index (κ2) is 7.53. The topological polar surface area (TPSA) is 73.2 Å². The van der Waals surface area contributed by atoms with E-state index >= 15 is 0 Å². The predicted octanol–water partition coefficient (Wildman–Crippen LogP) is 3.23. The van der Waals surface area contributed by atoms with Crippen LogP contribution in [-0.4, -0.2) is 22.6 Å². The first kappa shape index (κ1) is 17.9. The molecule has 134 valence electrons. The number of benzene rings is 2. The Labute approximate surface area is 153 Å². The number of carbonyl (C=O) groups excluding carboxylic acids is 1. The summed E-state index contributed by atoms with van der Waals surface area (Å²) in [5.74, 6) is -0.289. The lowest BCUT2D eigenvalue weighted by Crippen LogP contribution is -2.23. The first-order chi connectivity index (χ1) is 12.5. The maximum absolute atomic E-state index is 13.2. The minimum absolute atomic E-state index is 0.0456. The summed E-state index contributed by atoms with van der Waals surface area (Å²) in [6.45, 7) is 0.133. The maximum atomic E-state index is 13.2. The van der Waals surface area contributed by atoms with Gasteiger partial charge in [-0.3, -0.25) is 14.2 Å². The molecule has 0 radical (unpaired) electrons. The monoisotopic (exact) mass is 375 g/mol. The summed E-state index contributed by atoms with van der Waals surface area (Å²) in [4.78, 5) is 28.6. The van der Waals surface area contributed by atoms with Crippen LogP contribution >= 0.6 is 11.6 Å². The Morgan fingerprint density at radius 1 is 1.31 bits per heavy atom. The minimum atomic E-state index is -0.461. The first-order valence-electron chi connectivity index (χ1n) is 7.76. The van der Waals surface area contributed by atoms with Gasteiger partial charge in [0.25, 0.3) is 5.56 Å². The average molecular weight is 376 g/mol. The number of nitrogens with zero attached hydrogens (tertiary/aromatic N) is 2. The molecule has 0 spiro atoms. The smallest absolute Gasteiger partial charge is 0.261 e. The standard InChI is InChI=1S/C18H15ClFN3O3/c1-26-16-5-2-11(19)8-15(16)22-17(24)6-7-23-10-21-14-9-12(20)3-4-13(14)18(23)25/h2-5,8-10H,6-7H2,1H3,(H,22,24). The van der Waals surface area contributed by atoms with Crippen molar-refractivity contribution in [2.75, 3.05) is 12.4 Å². The van der Waals surface area contributed by atoms with E-state index in [1.54, 1.807) is 18.2 Å². The average Bonchev–Trinajstić information content (AvgIpc) is 2.61. The van der Waals surface area contributed by atoms with E-state index in [0.717, 1.165) is 0 Å². The molecular formula is C18H15ClFN3O3. The molecule has 3 rings (SSSR count). The first-order valence-corrected chi connectivity index (χ1v) is 8.14. The van der Waals surface area contributed by atoms with Gasteiger partial charge in [-0.25, -0.2) is 9.37 Å². The Bertz CT molecular complexity index is 1040. The van der Waals surface area contributed by atoms with Gasteiger partial charge in [0.15, 0.2) is 0 Å². The van der Waals surface area contributed by atoms with E-state index in [1.807, 2.05) is 0 Å². The van der Waals surface area contributed by atoms with Crippen LogP contribution in [0.2, 0.25) is 5.02 Å². The molecule has 1 heterocycles. The molecular weight excluding hydrogens is 361 g/mol. The molecule has 0 aliphatic rings. The number of nitrogens with one attached hydrogen (secondary N) is 1. The molecule has 1 N–H and O–H groups in total. The number of methoxy groups -OCH3 is 1. The Balaban J connectivity index is 1.73. The largest absolute Gasteiger partial charge is 0.495 e. The fourth-order valence-electron chi connectivity index (χ4n) is 2.50. The van der Waals surface area contributed by atoms with Crippen LogP contribution in [0.1, 0.15) is 6.42 Å². The molecule has 0 bridgehead atoms. The molecule has 0 aliphatic carbocycles. The summed E-state index contributed by atoms with van der Waals surface area (Å²) in [7, 11) is 1.49. The number of aryl methyl sites for hydroxylation is 1. The lowest BCUT2D eigenvalue weighted by molar-refractivity contribution is -0.116. The lowest BCUT2D eigenvalue weighted by atomic mass is 10.2. The van der Waals surface area contributed by atoms with Crippen LogP contribution in [0.25, 0.3) is 10.9 Å². The van der Waals surface area contributed by atoms with Crippen LogP contribution in [-0.2, 0) is 11.3 Å². The zero-order valence-corrected chi connectivity index (χ0v) is 14.6. The van der Waals surface area contributed by atoms with Gasteiger partial charge in [0.2, 0.25) is 5.91 Å². The van der Waals surface area contributed by atoms with Gasteiger partial charge in [-0.2, -0.15) is 0 Å². The normalized spacial score (nSPS) is 10.7. The Kier molecular flexibility index (Phi) is 5.18. The number of ether oxygens (including phenoxy) is 1. The summed E-state index contributed by atoms with van der Waals surface area (Å²) in [5.41, 5.74) is 0.395. The van der Waals surface area contributed by atoms with Crippen molar-refractivity contribution in [2.45, 2.75) is 13.0 Å². The summed E-state index contributed by atoms with van der Waals surface area (Å²) >= 11 is 5.93. The van der Waals surface area contributed by atoms with Crippen LogP contribution in [0, 0.1) is 5.82 Å². The van der Waals surface area contributed by atoms with Crippen molar-refractivity contribution in [1.29, 1.82) is 0 Å². The Morgan fingerprint density at radius 3 is 2.88 bits per heavy atom. The van der Waals surface area contributed by atoms with Gasteiger partial charge >= 0.3 is 0 Å². The maximum Gasteiger partial charge on any atom is 0.261 e. The zero-order chi connectivity index (χ0) is 18.7. The molecule has 3 aromatic rings. The number of carbonyl (C=O) groups is 1. The molecule has 2 aromatic carbocycles. The third kappa shape index (κ3) is 3.83. The van der Waals surface area contributed by atoms with E-state index in [4.69, 9.17) is 16.3 Å². The third-order valence-corrected chi connectivity index (χ3v) is 4.04. The van der Waals surface area contributed by atoms with Crippen molar-refractivity contribution in [3.05, 3.63) is 63.9 Å². The highest BCUT2D eigenvalue weighted by atomic mass is 35.5. The number of amides is 1. The van der Waals surface area contributed by atoms with E-state index in [9.17, 15) is 14.0 Å². The number of aromatic nitrogens is 2. The molecule has 1 amide bonds. The van der Waals surface area contributed by atoms with Gasteiger partial charge in [-0.15, -0.1) is 0 Å². The number of hydrogen-bond donors (Lipinski definition) is 1. The molecule has 0 saturated heterocycles. The SMILES string of the molecule is COc1ccc(Cl)cc1NC(=O)CCn1cnc2cc(F)ccc2c1=O. The van der Waals surface area contributed by atoms with Crippen LogP contribution in [0.4, 0.5) is 10.1 Å². The van der Waals surface area contributed by atoms with Gasteiger partial charge in [-0.05, 0) is 30.3 Å². The number of anilines is 1. The van der Waals surface area contributed by atoms with Crippen molar-refractivity contribution in [1.82, 2.24) is 9.55 Å². The number of halogens is 2. The summed E-state index contributed by atoms with van der Waals surface area (Å²) < 4.78 is 19.7. The molecule has 0 aliphatic heterocycles. The van der Waals surface area contributed by atoms with E-state index in [-0.39, 0.29) is 29.9 Å². The highest BCUT2D eigenvalue weighted by Gasteiger charge is 2.10. The molecule has 1 aromatic heterocycles.